The van der Waals surface area contributed by atoms with Crippen LogP contribution in [0.5, 0.6) is 0 Å². The third kappa shape index (κ3) is 7.34. The van der Waals surface area contributed by atoms with E-state index in [9.17, 15) is 5.26 Å². The van der Waals surface area contributed by atoms with Crippen molar-refractivity contribution in [1.29, 1.82) is 5.26 Å². The van der Waals surface area contributed by atoms with Crippen LogP contribution in [-0.2, 0) is 0 Å². The van der Waals surface area contributed by atoms with Gasteiger partial charge in [-0.15, -0.1) is 0 Å². The standard InChI is InChI=1S/C70H42N4/c71-43-55-36-35-54(57-21-6-7-23-59(57)65-42-53-15-4-5-20-56(53)58-22-8-9-24-60(58)65)41-64(55)52-19-10-18-50(39-52)44-27-31-48(32-28-44)69-72-68(47-13-2-1-3-14-47)73-70(74-69)49-33-29-45(30-34-49)51-37-38-61-62-25-11-16-46-17-12-26-63(67(46)62)66(61)40-51/h1-42H. The monoisotopic (exact) mass is 938 g/mol. The minimum atomic E-state index is 0.595. The van der Waals surface area contributed by atoms with Crippen molar-refractivity contribution in [3.05, 3.63) is 260 Å². The minimum absolute atomic E-state index is 0.595. The highest BCUT2D eigenvalue weighted by atomic mass is 15.0. The topological polar surface area (TPSA) is 62.5 Å². The number of benzene rings is 12. The quantitative estimate of drug-likeness (QED) is 0.142. The van der Waals surface area contributed by atoms with Crippen molar-refractivity contribution in [2.75, 3.05) is 0 Å². The molecule has 1 aromatic heterocycles. The molecule has 13 aromatic rings. The van der Waals surface area contributed by atoms with E-state index in [4.69, 9.17) is 15.0 Å². The van der Waals surface area contributed by atoms with Crippen LogP contribution in [0.4, 0.5) is 0 Å². The lowest BCUT2D eigenvalue weighted by molar-refractivity contribution is 1.07. The SMILES string of the molecule is N#Cc1ccc(-c2ccccc2-c2cc3ccccc3c3ccccc23)cc1-c1cccc(-c2ccc(-c3nc(-c4ccccc4)nc(-c4ccc(-c5ccc6c(c5)-c5cccc7cccc-6c57)cc4)n3)cc2)c1. The average Bonchev–Trinajstić information content (AvgIpc) is 3.81. The van der Waals surface area contributed by atoms with E-state index < -0.39 is 0 Å². The molecule has 0 aliphatic heterocycles. The number of hydrogen-bond acceptors (Lipinski definition) is 4. The first kappa shape index (κ1) is 42.8. The van der Waals surface area contributed by atoms with Crippen LogP contribution in [-0.4, -0.2) is 15.0 Å². The molecule has 74 heavy (non-hydrogen) atoms. The largest absolute Gasteiger partial charge is 0.208 e. The summed E-state index contributed by atoms with van der Waals surface area (Å²) in [6.07, 6.45) is 0. The van der Waals surface area contributed by atoms with E-state index in [1.807, 2.05) is 36.4 Å². The van der Waals surface area contributed by atoms with Crippen molar-refractivity contribution in [2.24, 2.45) is 0 Å². The normalized spacial score (nSPS) is 11.5. The van der Waals surface area contributed by atoms with Gasteiger partial charge in [0, 0.05) is 22.3 Å². The smallest absolute Gasteiger partial charge is 0.164 e. The second-order valence-corrected chi connectivity index (χ2v) is 19.0. The number of fused-ring (bicyclic) bond motifs is 6. The molecule has 1 aliphatic carbocycles. The molecular formula is C70H42N4. The Morgan fingerprint density at radius 3 is 1.39 bits per heavy atom. The second kappa shape index (κ2) is 17.6. The molecule has 12 aromatic carbocycles. The maximum absolute atomic E-state index is 10.5. The van der Waals surface area contributed by atoms with Crippen molar-refractivity contribution in [2.45, 2.75) is 0 Å². The molecular weight excluding hydrogens is 897 g/mol. The van der Waals surface area contributed by atoms with Gasteiger partial charge in [0.05, 0.1) is 11.6 Å². The van der Waals surface area contributed by atoms with Crippen LogP contribution in [0.1, 0.15) is 5.56 Å². The summed E-state index contributed by atoms with van der Waals surface area (Å²) in [5, 5.41) is 18.0. The zero-order chi connectivity index (χ0) is 49.1. The van der Waals surface area contributed by atoms with E-state index in [0.717, 1.165) is 61.2 Å². The average molecular weight is 939 g/mol. The molecule has 1 aliphatic rings. The lowest BCUT2D eigenvalue weighted by Gasteiger charge is -2.16. The number of nitriles is 1. The third-order valence-electron chi connectivity index (χ3n) is 14.7. The molecule has 0 radical (unpaired) electrons. The van der Waals surface area contributed by atoms with Crippen molar-refractivity contribution in [3.63, 3.8) is 0 Å². The van der Waals surface area contributed by atoms with Crippen LogP contribution in [0.15, 0.2) is 255 Å². The summed E-state index contributed by atoms with van der Waals surface area (Å²) in [5.74, 6) is 1.82. The van der Waals surface area contributed by atoms with Crippen LogP contribution < -0.4 is 0 Å². The van der Waals surface area contributed by atoms with Gasteiger partial charge in [0.15, 0.2) is 17.5 Å². The summed E-state index contributed by atoms with van der Waals surface area (Å²) in [6.45, 7) is 0. The molecule has 0 bridgehead atoms. The maximum Gasteiger partial charge on any atom is 0.164 e. The Kier molecular flexibility index (Phi) is 10.2. The Morgan fingerprint density at radius 2 is 0.689 bits per heavy atom. The number of aromatic nitrogens is 3. The van der Waals surface area contributed by atoms with E-state index in [1.54, 1.807) is 0 Å². The van der Waals surface area contributed by atoms with Gasteiger partial charge in [-0.1, -0.05) is 224 Å². The fourth-order valence-corrected chi connectivity index (χ4v) is 11.1. The van der Waals surface area contributed by atoms with Gasteiger partial charge in [-0.3, -0.25) is 0 Å². The summed E-state index contributed by atoms with van der Waals surface area (Å²) in [6, 6.07) is 92.3. The van der Waals surface area contributed by atoms with E-state index in [-0.39, 0.29) is 0 Å². The fourth-order valence-electron chi connectivity index (χ4n) is 11.1. The van der Waals surface area contributed by atoms with E-state index >= 15 is 0 Å². The summed E-state index contributed by atoms with van der Waals surface area (Å²) >= 11 is 0. The van der Waals surface area contributed by atoms with Gasteiger partial charge in [-0.2, -0.15) is 5.26 Å². The molecule has 0 atom stereocenters. The van der Waals surface area contributed by atoms with Gasteiger partial charge >= 0.3 is 0 Å². The van der Waals surface area contributed by atoms with Crippen LogP contribution >= 0.6 is 0 Å². The fraction of sp³-hybridized carbons (Fsp3) is 0. The Morgan fingerprint density at radius 1 is 0.243 bits per heavy atom. The summed E-state index contributed by atoms with van der Waals surface area (Å²) in [5.41, 5.74) is 19.2. The first-order valence-electron chi connectivity index (χ1n) is 25.0. The highest BCUT2D eigenvalue weighted by molar-refractivity contribution is 6.16. The van der Waals surface area contributed by atoms with E-state index in [1.165, 1.54) is 65.7 Å². The summed E-state index contributed by atoms with van der Waals surface area (Å²) in [7, 11) is 0. The zero-order valence-corrected chi connectivity index (χ0v) is 40.0. The molecule has 4 heteroatoms. The number of nitrogens with zero attached hydrogens (tertiary/aromatic N) is 4. The second-order valence-electron chi connectivity index (χ2n) is 19.0. The molecule has 0 fully saturated rings. The minimum Gasteiger partial charge on any atom is -0.208 e. The lowest BCUT2D eigenvalue weighted by atomic mass is 9.87. The molecule has 14 rings (SSSR count). The van der Waals surface area contributed by atoms with Crippen molar-refractivity contribution in [3.8, 4) is 118 Å². The van der Waals surface area contributed by atoms with Crippen molar-refractivity contribution < 1.29 is 0 Å². The van der Waals surface area contributed by atoms with Crippen LogP contribution in [0, 0.1) is 11.3 Å². The van der Waals surface area contributed by atoms with Crippen molar-refractivity contribution in [1.82, 2.24) is 15.0 Å². The first-order valence-corrected chi connectivity index (χ1v) is 25.0. The Balaban J connectivity index is 0.781. The molecule has 0 amide bonds. The van der Waals surface area contributed by atoms with Crippen LogP contribution in [0.2, 0.25) is 0 Å². The molecule has 4 nitrogen and oxygen atoms in total. The maximum atomic E-state index is 10.5. The Labute approximate surface area is 428 Å². The molecule has 0 saturated heterocycles. The lowest BCUT2D eigenvalue weighted by Crippen LogP contribution is -2.00. The predicted octanol–water partition coefficient (Wildman–Crippen LogP) is 18.2. The third-order valence-corrected chi connectivity index (χ3v) is 14.7. The Hall–Kier alpha value is -10.1. The van der Waals surface area contributed by atoms with Crippen molar-refractivity contribution >= 4 is 32.3 Å². The number of rotatable bonds is 8. The van der Waals surface area contributed by atoms with E-state index in [2.05, 4.69) is 224 Å². The van der Waals surface area contributed by atoms with E-state index in [0.29, 0.717) is 23.0 Å². The van der Waals surface area contributed by atoms with Crippen LogP contribution in [0.3, 0.4) is 0 Å². The Bertz CT molecular complexity index is 4410. The molecule has 0 saturated carbocycles. The van der Waals surface area contributed by atoms with Gasteiger partial charge in [0.1, 0.15) is 0 Å². The molecule has 0 N–H and O–H groups in total. The summed E-state index contributed by atoms with van der Waals surface area (Å²) in [4.78, 5) is 15.2. The first-order chi connectivity index (χ1) is 36.6. The zero-order valence-electron chi connectivity index (χ0n) is 40.0. The number of hydrogen-bond donors (Lipinski definition) is 0. The summed E-state index contributed by atoms with van der Waals surface area (Å²) < 4.78 is 0. The highest BCUT2D eigenvalue weighted by Gasteiger charge is 2.22. The molecule has 342 valence electrons. The van der Waals surface area contributed by atoms with Gasteiger partial charge in [0.2, 0.25) is 0 Å². The molecule has 0 spiro atoms. The van der Waals surface area contributed by atoms with Gasteiger partial charge < -0.3 is 0 Å². The van der Waals surface area contributed by atoms with Gasteiger partial charge in [0.25, 0.3) is 0 Å². The molecule has 1 heterocycles. The molecule has 0 unspecified atom stereocenters. The van der Waals surface area contributed by atoms with Gasteiger partial charge in [-0.25, -0.2) is 15.0 Å². The van der Waals surface area contributed by atoms with Gasteiger partial charge in [-0.05, 0) is 135 Å². The predicted molar refractivity (Wildman–Crippen MR) is 305 cm³/mol. The van der Waals surface area contributed by atoms with Crippen LogP contribution in [0.25, 0.3) is 144 Å². The highest BCUT2D eigenvalue weighted by Crippen LogP contribution is 2.48.